The van der Waals surface area contributed by atoms with Crippen molar-refractivity contribution in [3.63, 3.8) is 0 Å². The fourth-order valence-corrected chi connectivity index (χ4v) is 2.91. The van der Waals surface area contributed by atoms with E-state index in [-0.39, 0.29) is 5.91 Å². The number of rotatable bonds is 9. The van der Waals surface area contributed by atoms with Crippen molar-refractivity contribution in [3.8, 4) is 5.75 Å². The molecule has 2 rings (SSSR count). The lowest BCUT2D eigenvalue weighted by Crippen LogP contribution is -2.38. The summed E-state index contributed by atoms with van der Waals surface area (Å²) in [7, 11) is 0. The van der Waals surface area contributed by atoms with Crippen molar-refractivity contribution in [2.24, 2.45) is 0 Å². The zero-order valence-corrected chi connectivity index (χ0v) is 14.4. The number of carbonyl (C=O) groups excluding carboxylic acids is 1. The van der Waals surface area contributed by atoms with Gasteiger partial charge < -0.3 is 14.8 Å². The number of hydrogen-bond donors (Lipinski definition) is 1. The summed E-state index contributed by atoms with van der Waals surface area (Å²) < 4.78 is 11.2. The molecule has 1 aliphatic rings. The van der Waals surface area contributed by atoms with Crippen molar-refractivity contribution in [3.05, 3.63) is 29.3 Å². The van der Waals surface area contributed by atoms with E-state index in [1.54, 1.807) is 0 Å². The molecule has 4 heteroatoms. The second-order valence-electron chi connectivity index (χ2n) is 5.99. The monoisotopic (exact) mass is 319 g/mol. The molecule has 128 valence electrons. The van der Waals surface area contributed by atoms with E-state index in [1.807, 2.05) is 19.9 Å². The van der Waals surface area contributed by atoms with Crippen molar-refractivity contribution in [1.82, 2.24) is 5.32 Å². The van der Waals surface area contributed by atoms with Gasteiger partial charge in [-0.1, -0.05) is 13.0 Å². The molecule has 0 unspecified atom stereocenters. The molecule has 0 heterocycles. The van der Waals surface area contributed by atoms with Crippen LogP contribution in [0.3, 0.4) is 0 Å². The van der Waals surface area contributed by atoms with Gasteiger partial charge in [-0.15, -0.1) is 0 Å². The Bertz CT molecular complexity index is 501. The number of hydrogen-bond acceptors (Lipinski definition) is 3. The van der Waals surface area contributed by atoms with E-state index in [0.717, 1.165) is 25.0 Å². The maximum atomic E-state index is 12.2. The molecule has 0 aliphatic heterocycles. The van der Waals surface area contributed by atoms with Gasteiger partial charge in [0.15, 0.2) is 6.10 Å². The number of benzene rings is 1. The second-order valence-corrected chi connectivity index (χ2v) is 5.99. The predicted octanol–water partition coefficient (Wildman–Crippen LogP) is 3.27. The lowest BCUT2D eigenvalue weighted by molar-refractivity contribution is -0.128. The fraction of sp³-hybridized carbons (Fsp3) is 0.632. The van der Waals surface area contributed by atoms with Gasteiger partial charge in [-0.25, -0.2) is 0 Å². The van der Waals surface area contributed by atoms with Gasteiger partial charge in [-0.05, 0) is 68.7 Å². The Kier molecular flexibility index (Phi) is 7.40. The summed E-state index contributed by atoms with van der Waals surface area (Å²) in [5.41, 5.74) is 2.80. The largest absolute Gasteiger partial charge is 0.481 e. The molecule has 1 aliphatic carbocycles. The number of carbonyl (C=O) groups is 1. The Morgan fingerprint density at radius 3 is 2.74 bits per heavy atom. The highest BCUT2D eigenvalue weighted by molar-refractivity contribution is 5.81. The third kappa shape index (κ3) is 5.54. The summed E-state index contributed by atoms with van der Waals surface area (Å²) in [5, 5.41) is 2.93. The van der Waals surface area contributed by atoms with E-state index in [2.05, 4.69) is 17.4 Å². The highest BCUT2D eigenvalue weighted by Crippen LogP contribution is 2.26. The molecule has 1 amide bonds. The Morgan fingerprint density at radius 2 is 2.00 bits per heavy atom. The summed E-state index contributed by atoms with van der Waals surface area (Å²) in [5.74, 6) is 0.767. The Hall–Kier alpha value is -1.55. The smallest absolute Gasteiger partial charge is 0.261 e. The molecule has 4 nitrogen and oxygen atoms in total. The molecule has 1 aromatic rings. The third-order valence-corrected chi connectivity index (χ3v) is 4.23. The molecule has 0 fully saturated rings. The molecular weight excluding hydrogens is 290 g/mol. The summed E-state index contributed by atoms with van der Waals surface area (Å²) in [6, 6.07) is 6.26. The van der Waals surface area contributed by atoms with Crippen LogP contribution in [0.5, 0.6) is 5.75 Å². The molecular formula is C19H29NO3. The minimum atomic E-state index is -0.427. The Morgan fingerprint density at radius 1 is 1.22 bits per heavy atom. The standard InChI is InChI=1S/C19H29NO3/c1-3-18(19(21)20-12-7-13-22-4-2)23-17-11-10-15-8-5-6-9-16(15)14-17/h10-11,14,18H,3-9,12-13H2,1-2H3,(H,20,21)/t18-/m1/s1. The van der Waals surface area contributed by atoms with Crippen molar-refractivity contribution in [1.29, 1.82) is 0 Å². The van der Waals surface area contributed by atoms with Gasteiger partial charge in [-0.3, -0.25) is 4.79 Å². The van der Waals surface area contributed by atoms with Crippen LogP contribution in [0.1, 0.15) is 50.7 Å². The van der Waals surface area contributed by atoms with E-state index in [4.69, 9.17) is 9.47 Å². The minimum Gasteiger partial charge on any atom is -0.481 e. The average Bonchev–Trinajstić information content (AvgIpc) is 2.59. The van der Waals surface area contributed by atoms with Crippen LogP contribution in [0.25, 0.3) is 0 Å². The van der Waals surface area contributed by atoms with E-state index in [1.165, 1.54) is 24.0 Å². The first-order chi connectivity index (χ1) is 11.2. The molecule has 0 bridgehead atoms. The highest BCUT2D eigenvalue weighted by Gasteiger charge is 2.19. The maximum Gasteiger partial charge on any atom is 0.261 e. The molecule has 0 radical (unpaired) electrons. The lowest BCUT2D eigenvalue weighted by atomic mass is 9.92. The van der Waals surface area contributed by atoms with Crippen LogP contribution in [-0.4, -0.2) is 31.8 Å². The van der Waals surface area contributed by atoms with Crippen LogP contribution >= 0.6 is 0 Å². The van der Waals surface area contributed by atoms with Gasteiger partial charge in [0.2, 0.25) is 0 Å². The molecule has 1 atom stereocenters. The van der Waals surface area contributed by atoms with Crippen LogP contribution in [0.2, 0.25) is 0 Å². The van der Waals surface area contributed by atoms with Crippen LogP contribution in [-0.2, 0) is 22.4 Å². The molecule has 0 saturated heterocycles. The number of fused-ring (bicyclic) bond motifs is 1. The van der Waals surface area contributed by atoms with Gasteiger partial charge in [0.1, 0.15) is 5.75 Å². The van der Waals surface area contributed by atoms with Crippen molar-refractivity contribution < 1.29 is 14.3 Å². The lowest BCUT2D eigenvalue weighted by Gasteiger charge is -2.20. The Labute approximate surface area is 139 Å². The molecule has 0 saturated carbocycles. The summed E-state index contributed by atoms with van der Waals surface area (Å²) >= 11 is 0. The van der Waals surface area contributed by atoms with Crippen LogP contribution in [0.15, 0.2) is 18.2 Å². The van der Waals surface area contributed by atoms with Crippen molar-refractivity contribution in [2.75, 3.05) is 19.8 Å². The third-order valence-electron chi connectivity index (χ3n) is 4.23. The molecule has 23 heavy (non-hydrogen) atoms. The van der Waals surface area contributed by atoms with E-state index in [0.29, 0.717) is 26.2 Å². The molecule has 0 aromatic heterocycles. The van der Waals surface area contributed by atoms with Gasteiger partial charge >= 0.3 is 0 Å². The van der Waals surface area contributed by atoms with E-state index in [9.17, 15) is 4.79 Å². The summed E-state index contributed by atoms with van der Waals surface area (Å²) in [6.07, 6.45) is 5.86. The normalized spacial score (nSPS) is 14.9. The van der Waals surface area contributed by atoms with Gasteiger partial charge in [0.25, 0.3) is 5.91 Å². The molecule has 1 aromatic carbocycles. The van der Waals surface area contributed by atoms with E-state index < -0.39 is 6.10 Å². The van der Waals surface area contributed by atoms with Crippen LogP contribution in [0.4, 0.5) is 0 Å². The first-order valence-corrected chi connectivity index (χ1v) is 8.88. The molecule has 1 N–H and O–H groups in total. The van der Waals surface area contributed by atoms with Crippen molar-refractivity contribution >= 4 is 5.91 Å². The second kappa shape index (κ2) is 9.56. The first-order valence-electron chi connectivity index (χ1n) is 8.88. The fourth-order valence-electron chi connectivity index (χ4n) is 2.91. The van der Waals surface area contributed by atoms with Crippen molar-refractivity contribution in [2.45, 2.75) is 58.5 Å². The SMILES string of the molecule is CCOCCCNC(=O)[C@@H](CC)Oc1ccc2c(c1)CCCC2. The quantitative estimate of drug-likeness (QED) is 0.711. The summed E-state index contributed by atoms with van der Waals surface area (Å²) in [6.45, 7) is 5.97. The number of ether oxygens (including phenoxy) is 2. The average molecular weight is 319 g/mol. The summed E-state index contributed by atoms with van der Waals surface area (Å²) in [4.78, 5) is 12.2. The number of nitrogens with one attached hydrogen (secondary N) is 1. The highest BCUT2D eigenvalue weighted by atomic mass is 16.5. The number of aryl methyl sites for hydroxylation is 2. The molecule has 0 spiro atoms. The van der Waals surface area contributed by atoms with Gasteiger partial charge in [-0.2, -0.15) is 0 Å². The van der Waals surface area contributed by atoms with Crippen LogP contribution < -0.4 is 10.1 Å². The number of amides is 1. The predicted molar refractivity (Wildman–Crippen MR) is 91.9 cm³/mol. The van der Waals surface area contributed by atoms with E-state index >= 15 is 0 Å². The first kappa shape index (κ1) is 17.8. The zero-order valence-electron chi connectivity index (χ0n) is 14.4. The maximum absolute atomic E-state index is 12.2. The topological polar surface area (TPSA) is 47.6 Å². The van der Waals surface area contributed by atoms with Gasteiger partial charge in [0.05, 0.1) is 0 Å². The van der Waals surface area contributed by atoms with Gasteiger partial charge in [0, 0.05) is 19.8 Å². The minimum absolute atomic E-state index is 0.0401. The zero-order chi connectivity index (χ0) is 16.5. The Balaban J connectivity index is 1.84. The van der Waals surface area contributed by atoms with Crippen LogP contribution in [0, 0.1) is 0 Å².